The maximum Gasteiger partial charge on any atom is 0.229 e. The molecular weight excluding hydrogens is 392 g/mol. The van der Waals surface area contributed by atoms with Gasteiger partial charge in [0.25, 0.3) is 0 Å². The van der Waals surface area contributed by atoms with Gasteiger partial charge in [-0.1, -0.05) is 30.3 Å². The SMILES string of the molecule is COc1ccc(-c2cnc3ccc(N(CC4=COCO4)Cc4ccccc4)nn23)cc1. The summed E-state index contributed by atoms with van der Waals surface area (Å²) in [6.07, 6.45) is 3.50. The lowest BCUT2D eigenvalue weighted by atomic mass is 10.1. The van der Waals surface area contributed by atoms with Gasteiger partial charge in [-0.25, -0.2) is 9.50 Å². The Kier molecular flexibility index (Phi) is 5.14. The first-order chi connectivity index (χ1) is 15.3. The highest BCUT2D eigenvalue weighted by Gasteiger charge is 2.17. The summed E-state index contributed by atoms with van der Waals surface area (Å²) in [6.45, 7) is 1.50. The normalized spacial score (nSPS) is 12.9. The molecule has 0 unspecified atom stereocenters. The zero-order valence-electron chi connectivity index (χ0n) is 17.1. The van der Waals surface area contributed by atoms with Crippen molar-refractivity contribution in [3.8, 4) is 17.0 Å². The predicted octanol–water partition coefficient (Wildman–Crippen LogP) is 4.26. The molecule has 2 aromatic heterocycles. The lowest BCUT2D eigenvalue weighted by Crippen LogP contribution is -2.27. The third kappa shape index (κ3) is 4.02. The van der Waals surface area contributed by atoms with E-state index in [2.05, 4.69) is 22.0 Å². The number of rotatable bonds is 7. The number of hydrogen-bond acceptors (Lipinski definition) is 6. The van der Waals surface area contributed by atoms with Gasteiger partial charge in [0.1, 0.15) is 17.8 Å². The first kappa shape index (κ1) is 19.0. The molecule has 156 valence electrons. The summed E-state index contributed by atoms with van der Waals surface area (Å²) in [6, 6.07) is 22.1. The molecule has 0 spiro atoms. The number of anilines is 1. The van der Waals surface area contributed by atoms with E-state index in [1.54, 1.807) is 13.4 Å². The molecule has 0 fully saturated rings. The molecule has 0 radical (unpaired) electrons. The highest BCUT2D eigenvalue weighted by atomic mass is 16.7. The molecule has 2 aromatic carbocycles. The van der Waals surface area contributed by atoms with E-state index in [9.17, 15) is 0 Å². The molecule has 1 aliphatic rings. The number of hydrogen-bond donors (Lipinski definition) is 0. The van der Waals surface area contributed by atoms with Crippen molar-refractivity contribution in [1.29, 1.82) is 0 Å². The van der Waals surface area contributed by atoms with E-state index < -0.39 is 0 Å². The van der Waals surface area contributed by atoms with E-state index in [4.69, 9.17) is 19.3 Å². The largest absolute Gasteiger partial charge is 0.497 e. The van der Waals surface area contributed by atoms with Crippen molar-refractivity contribution in [3.05, 3.63) is 90.5 Å². The second-order valence-electron chi connectivity index (χ2n) is 7.19. The van der Waals surface area contributed by atoms with Crippen LogP contribution in [-0.2, 0) is 16.0 Å². The van der Waals surface area contributed by atoms with Crippen molar-refractivity contribution >= 4 is 11.5 Å². The Hall–Kier alpha value is -4.00. The van der Waals surface area contributed by atoms with Crippen LogP contribution in [0.25, 0.3) is 16.9 Å². The van der Waals surface area contributed by atoms with Gasteiger partial charge in [0.05, 0.1) is 25.5 Å². The first-order valence-electron chi connectivity index (χ1n) is 10.0. The molecule has 31 heavy (non-hydrogen) atoms. The van der Waals surface area contributed by atoms with E-state index in [0.717, 1.165) is 34.2 Å². The molecule has 4 aromatic rings. The van der Waals surface area contributed by atoms with Gasteiger partial charge in [0, 0.05) is 12.1 Å². The van der Waals surface area contributed by atoms with Crippen LogP contribution in [0.3, 0.4) is 0 Å². The molecule has 7 heteroatoms. The van der Waals surface area contributed by atoms with E-state index in [1.807, 2.05) is 65.3 Å². The van der Waals surface area contributed by atoms with Crippen molar-refractivity contribution in [2.24, 2.45) is 0 Å². The van der Waals surface area contributed by atoms with Crippen molar-refractivity contribution in [1.82, 2.24) is 14.6 Å². The summed E-state index contributed by atoms with van der Waals surface area (Å²) < 4.78 is 18.0. The number of ether oxygens (including phenoxy) is 3. The quantitative estimate of drug-likeness (QED) is 0.450. The molecule has 0 atom stereocenters. The van der Waals surface area contributed by atoms with Crippen LogP contribution in [0, 0.1) is 0 Å². The fourth-order valence-electron chi connectivity index (χ4n) is 3.55. The molecule has 0 saturated carbocycles. The molecule has 7 nitrogen and oxygen atoms in total. The van der Waals surface area contributed by atoms with Crippen LogP contribution in [0.1, 0.15) is 5.56 Å². The average Bonchev–Trinajstić information content (AvgIpc) is 3.49. The number of nitrogens with zero attached hydrogens (tertiary/aromatic N) is 4. The standard InChI is InChI=1S/C24H22N4O3/c1-29-20-9-7-19(8-10-20)22-13-25-23-11-12-24(26-28(22)23)27(15-21-16-30-17-31-21)14-18-5-3-2-4-6-18/h2-13,16H,14-15,17H2,1H3. The van der Waals surface area contributed by atoms with Gasteiger partial charge in [-0.2, -0.15) is 0 Å². The van der Waals surface area contributed by atoms with Gasteiger partial charge in [-0.15, -0.1) is 5.10 Å². The third-order valence-corrected chi connectivity index (χ3v) is 5.15. The Morgan fingerprint density at radius 3 is 2.58 bits per heavy atom. The molecule has 1 aliphatic heterocycles. The van der Waals surface area contributed by atoms with E-state index in [1.165, 1.54) is 5.56 Å². The fourth-order valence-corrected chi connectivity index (χ4v) is 3.55. The van der Waals surface area contributed by atoms with Crippen molar-refractivity contribution < 1.29 is 14.2 Å². The molecule has 0 N–H and O–H groups in total. The monoisotopic (exact) mass is 414 g/mol. The molecule has 5 rings (SSSR count). The number of fused-ring (bicyclic) bond motifs is 1. The maximum atomic E-state index is 5.57. The molecule has 0 bridgehead atoms. The molecule has 3 heterocycles. The molecule has 0 aliphatic carbocycles. The Labute approximate surface area is 180 Å². The van der Waals surface area contributed by atoms with E-state index >= 15 is 0 Å². The van der Waals surface area contributed by atoms with Crippen LogP contribution < -0.4 is 9.64 Å². The summed E-state index contributed by atoms with van der Waals surface area (Å²) >= 11 is 0. The topological polar surface area (TPSA) is 61.1 Å². The smallest absolute Gasteiger partial charge is 0.229 e. The Morgan fingerprint density at radius 2 is 1.84 bits per heavy atom. The zero-order valence-corrected chi connectivity index (χ0v) is 17.1. The zero-order chi connectivity index (χ0) is 21.0. The van der Waals surface area contributed by atoms with Crippen molar-refractivity contribution in [2.45, 2.75) is 6.54 Å². The van der Waals surface area contributed by atoms with Gasteiger partial charge in [0.15, 0.2) is 11.4 Å². The average molecular weight is 414 g/mol. The summed E-state index contributed by atoms with van der Waals surface area (Å²) in [5.74, 6) is 2.41. The number of methoxy groups -OCH3 is 1. The first-order valence-corrected chi connectivity index (χ1v) is 10.0. The van der Waals surface area contributed by atoms with Gasteiger partial charge < -0.3 is 19.1 Å². The van der Waals surface area contributed by atoms with E-state index in [-0.39, 0.29) is 6.79 Å². The summed E-state index contributed by atoms with van der Waals surface area (Å²) in [7, 11) is 1.66. The van der Waals surface area contributed by atoms with Gasteiger partial charge in [-0.3, -0.25) is 0 Å². The minimum atomic E-state index is 0.254. The summed E-state index contributed by atoms with van der Waals surface area (Å²) in [5, 5.41) is 4.92. The van der Waals surface area contributed by atoms with Crippen molar-refractivity contribution in [2.75, 3.05) is 25.3 Å². The highest BCUT2D eigenvalue weighted by Crippen LogP contribution is 2.25. The molecule has 0 amide bonds. The van der Waals surface area contributed by atoms with Crippen LogP contribution in [0.4, 0.5) is 5.82 Å². The number of benzene rings is 2. The van der Waals surface area contributed by atoms with Crippen LogP contribution >= 0.6 is 0 Å². The van der Waals surface area contributed by atoms with Crippen LogP contribution in [0.15, 0.2) is 84.9 Å². The Morgan fingerprint density at radius 1 is 1.00 bits per heavy atom. The summed E-state index contributed by atoms with van der Waals surface area (Å²) in [4.78, 5) is 6.68. The third-order valence-electron chi connectivity index (χ3n) is 5.15. The second kappa shape index (κ2) is 8.39. The number of aromatic nitrogens is 3. The van der Waals surface area contributed by atoms with Crippen LogP contribution in [0.2, 0.25) is 0 Å². The Bertz CT molecular complexity index is 1200. The molecular formula is C24H22N4O3. The lowest BCUT2D eigenvalue weighted by molar-refractivity contribution is 0.0797. The maximum absolute atomic E-state index is 5.57. The minimum Gasteiger partial charge on any atom is -0.497 e. The Balaban J connectivity index is 1.52. The van der Waals surface area contributed by atoms with E-state index in [0.29, 0.717) is 13.1 Å². The molecule has 0 saturated heterocycles. The lowest BCUT2D eigenvalue weighted by Gasteiger charge is -2.23. The van der Waals surface area contributed by atoms with Crippen LogP contribution in [-0.4, -0.2) is 35.0 Å². The summed E-state index contributed by atoms with van der Waals surface area (Å²) in [5.41, 5.74) is 3.90. The minimum absolute atomic E-state index is 0.254. The van der Waals surface area contributed by atoms with Crippen molar-refractivity contribution in [3.63, 3.8) is 0 Å². The van der Waals surface area contributed by atoms with Crippen LogP contribution in [0.5, 0.6) is 5.75 Å². The van der Waals surface area contributed by atoms with Gasteiger partial charge in [0.2, 0.25) is 6.79 Å². The van der Waals surface area contributed by atoms with Gasteiger partial charge >= 0.3 is 0 Å². The predicted molar refractivity (Wildman–Crippen MR) is 118 cm³/mol. The fraction of sp³-hybridized carbons (Fsp3) is 0.167. The number of imidazole rings is 1. The second-order valence-corrected chi connectivity index (χ2v) is 7.19. The highest BCUT2D eigenvalue weighted by molar-refractivity contribution is 5.64. The van der Waals surface area contributed by atoms with Gasteiger partial charge in [-0.05, 0) is 42.0 Å².